The van der Waals surface area contributed by atoms with E-state index >= 15 is 0 Å². The second-order valence-electron chi connectivity index (χ2n) is 3.67. The molecule has 0 fully saturated rings. The average Bonchev–Trinajstić information content (AvgIpc) is 2.85. The molecule has 0 amide bonds. The number of H-pyrrole nitrogens is 1. The summed E-state index contributed by atoms with van der Waals surface area (Å²) in [7, 11) is 0. The van der Waals surface area contributed by atoms with Crippen molar-refractivity contribution in [2.75, 3.05) is 0 Å². The van der Waals surface area contributed by atoms with Gasteiger partial charge >= 0.3 is 0 Å². The first-order chi connectivity index (χ1) is 9.22. The molecule has 0 aromatic carbocycles. The van der Waals surface area contributed by atoms with E-state index in [-0.39, 0.29) is 0 Å². The third-order valence-corrected chi connectivity index (χ3v) is 2.65. The lowest BCUT2D eigenvalue weighted by molar-refractivity contribution is 0.779. The zero-order chi connectivity index (χ0) is 15.3. The first-order valence-electron chi connectivity index (χ1n) is 7.34. The van der Waals surface area contributed by atoms with Crippen LogP contribution in [0.3, 0.4) is 0 Å². The number of hydrogen-bond donors (Lipinski definition) is 1. The molecule has 108 valence electrons. The molecular formula is C18H31N. The van der Waals surface area contributed by atoms with E-state index in [4.69, 9.17) is 0 Å². The smallest absolute Gasteiger partial charge is 0.0450 e. The van der Waals surface area contributed by atoms with E-state index in [2.05, 4.69) is 44.1 Å². The molecule has 1 heteroatoms. The summed E-state index contributed by atoms with van der Waals surface area (Å²) in [6.07, 6.45) is 11.3. The van der Waals surface area contributed by atoms with Gasteiger partial charge in [0.05, 0.1) is 0 Å². The quantitative estimate of drug-likeness (QED) is 0.603. The van der Waals surface area contributed by atoms with Crippen LogP contribution in [-0.4, -0.2) is 4.98 Å². The molecule has 1 heterocycles. The molecule has 0 bridgehead atoms. The van der Waals surface area contributed by atoms with Gasteiger partial charge in [-0.15, -0.1) is 6.58 Å². The Morgan fingerprint density at radius 1 is 1.21 bits per heavy atom. The van der Waals surface area contributed by atoms with Gasteiger partial charge in [-0.05, 0) is 30.9 Å². The van der Waals surface area contributed by atoms with Gasteiger partial charge in [0.15, 0.2) is 0 Å². The highest BCUT2D eigenvalue weighted by Gasteiger charge is 2.02. The van der Waals surface area contributed by atoms with E-state index in [1.165, 1.54) is 11.1 Å². The Bertz CT molecular complexity index is 369. The van der Waals surface area contributed by atoms with Crippen LogP contribution in [0.25, 0.3) is 12.2 Å². The van der Waals surface area contributed by atoms with E-state index in [1.54, 1.807) is 0 Å². The second kappa shape index (κ2) is 12.9. The van der Waals surface area contributed by atoms with Crippen molar-refractivity contribution in [1.29, 1.82) is 0 Å². The standard InChI is InChI=1S/C14H19N.2C2H6/c1-5-12(6-2)8-9-13-11(4)10-15-14(13)7-3;2*1-2/h5,7-10,12,15H,1,3,6H2,2,4H3;2*1-2H3/b9-8-;;. The number of aromatic nitrogens is 1. The Morgan fingerprint density at radius 2 is 1.79 bits per heavy atom. The molecule has 19 heavy (non-hydrogen) atoms. The van der Waals surface area contributed by atoms with Crippen molar-refractivity contribution in [3.8, 4) is 0 Å². The third kappa shape index (κ3) is 6.85. The van der Waals surface area contributed by atoms with Gasteiger partial charge in [-0.25, -0.2) is 0 Å². The van der Waals surface area contributed by atoms with Crippen LogP contribution in [0.15, 0.2) is 31.5 Å². The topological polar surface area (TPSA) is 15.8 Å². The first-order valence-corrected chi connectivity index (χ1v) is 7.34. The molecule has 0 saturated carbocycles. The van der Waals surface area contributed by atoms with Gasteiger partial charge in [-0.3, -0.25) is 0 Å². The van der Waals surface area contributed by atoms with Crippen molar-refractivity contribution in [2.24, 2.45) is 5.92 Å². The maximum absolute atomic E-state index is 3.82. The van der Waals surface area contributed by atoms with Gasteiger partial charge in [-0.1, -0.05) is 59.4 Å². The monoisotopic (exact) mass is 261 g/mol. The van der Waals surface area contributed by atoms with E-state index in [0.29, 0.717) is 5.92 Å². The first kappa shape index (κ1) is 19.8. The maximum Gasteiger partial charge on any atom is 0.0450 e. The van der Waals surface area contributed by atoms with Gasteiger partial charge in [-0.2, -0.15) is 0 Å². The Kier molecular flexibility index (Phi) is 13.5. The molecule has 1 unspecified atom stereocenters. The second-order valence-corrected chi connectivity index (χ2v) is 3.67. The van der Waals surface area contributed by atoms with E-state index in [9.17, 15) is 0 Å². The van der Waals surface area contributed by atoms with Gasteiger partial charge in [0.25, 0.3) is 0 Å². The molecule has 0 aliphatic carbocycles. The highest BCUT2D eigenvalue weighted by molar-refractivity contribution is 5.65. The Balaban J connectivity index is 0. The molecule has 0 saturated heterocycles. The van der Waals surface area contributed by atoms with Crippen LogP contribution in [-0.2, 0) is 0 Å². The van der Waals surface area contributed by atoms with Gasteiger partial charge in [0.1, 0.15) is 0 Å². The van der Waals surface area contributed by atoms with E-state index < -0.39 is 0 Å². The van der Waals surface area contributed by atoms with E-state index in [1.807, 2.05) is 46.0 Å². The van der Waals surface area contributed by atoms with Crippen molar-refractivity contribution in [2.45, 2.75) is 48.0 Å². The number of allylic oxidation sites excluding steroid dienone is 2. The zero-order valence-corrected chi connectivity index (χ0v) is 13.6. The van der Waals surface area contributed by atoms with Crippen LogP contribution >= 0.6 is 0 Å². The minimum absolute atomic E-state index is 0.456. The number of hydrogen-bond acceptors (Lipinski definition) is 0. The molecule has 0 aliphatic rings. The molecule has 1 aromatic heterocycles. The summed E-state index contributed by atoms with van der Waals surface area (Å²) in [5, 5.41) is 0. The largest absolute Gasteiger partial charge is 0.361 e. The highest BCUT2D eigenvalue weighted by Crippen LogP contribution is 2.18. The van der Waals surface area contributed by atoms with Crippen molar-refractivity contribution >= 4 is 12.2 Å². The minimum Gasteiger partial charge on any atom is -0.361 e. The van der Waals surface area contributed by atoms with Crippen LogP contribution in [0.2, 0.25) is 0 Å². The summed E-state index contributed by atoms with van der Waals surface area (Å²) in [4.78, 5) is 3.19. The van der Waals surface area contributed by atoms with Crippen LogP contribution in [0.5, 0.6) is 0 Å². The molecule has 0 radical (unpaired) electrons. The fourth-order valence-electron chi connectivity index (χ4n) is 1.55. The normalized spacial score (nSPS) is 10.8. The minimum atomic E-state index is 0.456. The lowest BCUT2D eigenvalue weighted by Gasteiger charge is -2.02. The molecule has 1 rings (SSSR count). The molecule has 1 N–H and O–H groups in total. The summed E-state index contributed by atoms with van der Waals surface area (Å²) >= 11 is 0. The van der Waals surface area contributed by atoms with Gasteiger partial charge in [0, 0.05) is 17.5 Å². The Morgan fingerprint density at radius 3 is 2.21 bits per heavy atom. The third-order valence-electron chi connectivity index (χ3n) is 2.65. The summed E-state index contributed by atoms with van der Waals surface area (Å²) in [5.74, 6) is 0.456. The molecule has 1 aromatic rings. The fourth-order valence-corrected chi connectivity index (χ4v) is 1.55. The lowest BCUT2D eigenvalue weighted by atomic mass is 10.0. The molecule has 0 spiro atoms. The summed E-state index contributed by atoms with van der Waals surface area (Å²) < 4.78 is 0. The number of nitrogens with one attached hydrogen (secondary N) is 1. The van der Waals surface area contributed by atoms with Crippen LogP contribution in [0.4, 0.5) is 0 Å². The lowest BCUT2D eigenvalue weighted by Crippen LogP contribution is -1.87. The number of aryl methyl sites for hydroxylation is 1. The fraction of sp³-hybridized carbons (Fsp3) is 0.444. The van der Waals surface area contributed by atoms with Crippen molar-refractivity contribution in [3.63, 3.8) is 0 Å². The van der Waals surface area contributed by atoms with Crippen LogP contribution < -0.4 is 0 Å². The molecular weight excluding hydrogens is 230 g/mol. The van der Waals surface area contributed by atoms with Crippen molar-refractivity contribution in [1.82, 2.24) is 4.98 Å². The highest BCUT2D eigenvalue weighted by atomic mass is 14.7. The number of aromatic amines is 1. The molecule has 0 aliphatic heterocycles. The van der Waals surface area contributed by atoms with Crippen molar-refractivity contribution < 1.29 is 0 Å². The average molecular weight is 261 g/mol. The van der Waals surface area contributed by atoms with Crippen LogP contribution in [0.1, 0.15) is 57.9 Å². The van der Waals surface area contributed by atoms with Crippen molar-refractivity contribution in [3.05, 3.63) is 48.3 Å². The van der Waals surface area contributed by atoms with Crippen LogP contribution in [0, 0.1) is 12.8 Å². The summed E-state index contributed by atoms with van der Waals surface area (Å²) in [6.45, 7) is 19.9. The SMILES string of the molecule is C=Cc1[nH]cc(C)c1/C=C\C(C=C)CC.CC.CC. The summed E-state index contributed by atoms with van der Waals surface area (Å²) in [6, 6.07) is 0. The zero-order valence-electron chi connectivity index (χ0n) is 13.6. The van der Waals surface area contributed by atoms with E-state index in [0.717, 1.165) is 12.1 Å². The Labute approximate surface area is 120 Å². The molecule has 1 atom stereocenters. The summed E-state index contributed by atoms with van der Waals surface area (Å²) in [5.41, 5.74) is 3.56. The number of rotatable bonds is 5. The van der Waals surface area contributed by atoms with Gasteiger partial charge in [0.2, 0.25) is 0 Å². The Hall–Kier alpha value is -1.50. The predicted molar refractivity (Wildman–Crippen MR) is 91.3 cm³/mol. The molecule has 1 nitrogen and oxygen atoms in total. The maximum atomic E-state index is 3.82. The predicted octanol–water partition coefficient (Wildman–Crippen LogP) is 6.24. The van der Waals surface area contributed by atoms with Gasteiger partial charge < -0.3 is 4.98 Å².